The van der Waals surface area contributed by atoms with Crippen LogP contribution in [-0.2, 0) is 24.2 Å². The number of fused-ring (bicyclic) bond motifs is 3. The summed E-state index contributed by atoms with van der Waals surface area (Å²) in [5.41, 5.74) is 1.86. The van der Waals surface area contributed by atoms with Crippen molar-refractivity contribution in [1.29, 1.82) is 5.26 Å². The first-order chi connectivity index (χ1) is 16.0. The maximum atomic E-state index is 13.5. The van der Waals surface area contributed by atoms with E-state index >= 15 is 0 Å². The van der Waals surface area contributed by atoms with E-state index in [9.17, 15) is 9.59 Å². The molecule has 0 saturated carbocycles. The second kappa shape index (κ2) is 10.4. The number of aryl methyl sites for hydroxylation is 2. The Balaban J connectivity index is 1.69. The van der Waals surface area contributed by atoms with Crippen LogP contribution in [0.2, 0.25) is 0 Å². The van der Waals surface area contributed by atoms with Gasteiger partial charge in [-0.15, -0.1) is 17.9 Å². The molecular weight excluding hydrogens is 452 g/mol. The number of nitrogens with zero attached hydrogens (tertiary/aromatic N) is 4. The lowest BCUT2D eigenvalue weighted by atomic mass is 9.97. The number of nitriles is 1. The summed E-state index contributed by atoms with van der Waals surface area (Å²) in [6.45, 7) is 6.29. The van der Waals surface area contributed by atoms with E-state index in [0.29, 0.717) is 18.2 Å². The maximum Gasteiger partial charge on any atom is 0.263 e. The Labute approximate surface area is 201 Å². The van der Waals surface area contributed by atoms with Gasteiger partial charge in [0, 0.05) is 23.7 Å². The van der Waals surface area contributed by atoms with Gasteiger partial charge in [-0.05, 0) is 50.3 Å². The van der Waals surface area contributed by atoms with Crippen molar-refractivity contribution in [1.82, 2.24) is 9.55 Å². The lowest BCUT2D eigenvalue weighted by Crippen LogP contribution is -2.37. The molecule has 6 nitrogen and oxygen atoms in total. The lowest BCUT2D eigenvalue weighted by Gasteiger charge is -2.25. The average Bonchev–Trinajstić information content (AvgIpc) is 3.20. The van der Waals surface area contributed by atoms with E-state index in [1.54, 1.807) is 26.9 Å². The minimum atomic E-state index is -0.487. The van der Waals surface area contributed by atoms with Crippen molar-refractivity contribution in [3.8, 4) is 6.07 Å². The highest BCUT2D eigenvalue weighted by molar-refractivity contribution is 8.00. The average molecular weight is 479 g/mol. The van der Waals surface area contributed by atoms with Gasteiger partial charge in [-0.1, -0.05) is 36.0 Å². The molecular formula is C25H26N4O2S2. The van der Waals surface area contributed by atoms with Crippen molar-refractivity contribution in [2.45, 2.75) is 56.0 Å². The van der Waals surface area contributed by atoms with Crippen LogP contribution in [0.5, 0.6) is 0 Å². The summed E-state index contributed by atoms with van der Waals surface area (Å²) >= 11 is 2.90. The summed E-state index contributed by atoms with van der Waals surface area (Å²) in [5, 5.41) is 9.84. The molecule has 0 saturated heterocycles. The Morgan fingerprint density at radius 1 is 1.36 bits per heavy atom. The molecule has 0 spiro atoms. The summed E-state index contributed by atoms with van der Waals surface area (Å²) in [6.07, 6.45) is 6.09. The number of amides is 1. The summed E-state index contributed by atoms with van der Waals surface area (Å²) in [7, 11) is 0. The largest absolute Gasteiger partial charge is 0.310 e. The van der Waals surface area contributed by atoms with Crippen LogP contribution in [0.3, 0.4) is 0 Å². The Morgan fingerprint density at radius 3 is 2.85 bits per heavy atom. The van der Waals surface area contributed by atoms with Crippen LogP contribution in [0.25, 0.3) is 10.2 Å². The number of thiophene rings is 1. The zero-order valence-electron chi connectivity index (χ0n) is 18.6. The Bertz CT molecular complexity index is 1270. The number of para-hydroxylation sites is 1. The van der Waals surface area contributed by atoms with Crippen LogP contribution in [0, 0.1) is 11.3 Å². The molecule has 1 unspecified atom stereocenters. The number of anilines is 1. The normalized spacial score (nSPS) is 13.8. The predicted molar refractivity (Wildman–Crippen MR) is 135 cm³/mol. The van der Waals surface area contributed by atoms with E-state index < -0.39 is 5.25 Å². The zero-order chi connectivity index (χ0) is 23.4. The van der Waals surface area contributed by atoms with Gasteiger partial charge in [0.1, 0.15) is 4.83 Å². The Hall–Kier alpha value is -2.89. The topological polar surface area (TPSA) is 79.0 Å². The number of rotatable bonds is 8. The van der Waals surface area contributed by atoms with Crippen molar-refractivity contribution in [3.63, 3.8) is 0 Å². The summed E-state index contributed by atoms with van der Waals surface area (Å²) in [4.78, 5) is 35.4. The van der Waals surface area contributed by atoms with Gasteiger partial charge >= 0.3 is 0 Å². The molecule has 0 radical (unpaired) electrons. The fourth-order valence-corrected chi connectivity index (χ4v) is 6.45. The molecule has 8 heteroatoms. The number of benzene rings is 1. The molecule has 0 aliphatic heterocycles. The van der Waals surface area contributed by atoms with Crippen LogP contribution in [0.4, 0.5) is 5.69 Å². The van der Waals surface area contributed by atoms with Gasteiger partial charge in [0.05, 0.1) is 23.1 Å². The fourth-order valence-electron chi connectivity index (χ4n) is 4.16. The number of hydrogen-bond donors (Lipinski definition) is 0. The van der Waals surface area contributed by atoms with E-state index in [4.69, 9.17) is 10.2 Å². The number of thioether (sulfide) groups is 1. The maximum absolute atomic E-state index is 13.5. The highest BCUT2D eigenvalue weighted by Gasteiger charge is 2.27. The second-order valence-electron chi connectivity index (χ2n) is 7.98. The molecule has 170 valence electrons. The number of carbonyl (C=O) groups excluding carboxylic acids is 1. The molecule has 1 atom stereocenters. The third-order valence-corrected chi connectivity index (χ3v) is 8.03. The second-order valence-corrected chi connectivity index (χ2v) is 10.4. The first kappa shape index (κ1) is 23.3. The van der Waals surface area contributed by atoms with Gasteiger partial charge in [-0.25, -0.2) is 4.98 Å². The van der Waals surface area contributed by atoms with Crippen LogP contribution >= 0.6 is 23.1 Å². The summed E-state index contributed by atoms with van der Waals surface area (Å²) in [5.74, 6) is -0.119. The number of carbonyl (C=O) groups is 1. The SMILES string of the molecule is C=CCn1c(SC(C)C(=O)N(CCC#N)c2ccccc2)nc2sc3c(c2c1=O)CCCC3. The molecule has 1 aliphatic rings. The molecule has 1 aliphatic carbocycles. The predicted octanol–water partition coefficient (Wildman–Crippen LogP) is 4.95. The van der Waals surface area contributed by atoms with Gasteiger partial charge < -0.3 is 4.90 Å². The summed E-state index contributed by atoms with van der Waals surface area (Å²) < 4.78 is 1.63. The highest BCUT2D eigenvalue weighted by Crippen LogP contribution is 2.35. The van der Waals surface area contributed by atoms with Crippen LogP contribution in [0.15, 0.2) is 52.9 Å². The molecule has 1 aromatic carbocycles. The van der Waals surface area contributed by atoms with Crippen molar-refractivity contribution in [2.75, 3.05) is 11.4 Å². The Morgan fingerprint density at radius 2 is 2.12 bits per heavy atom. The molecule has 0 fully saturated rings. The molecule has 33 heavy (non-hydrogen) atoms. The van der Waals surface area contributed by atoms with Crippen LogP contribution < -0.4 is 10.5 Å². The van der Waals surface area contributed by atoms with E-state index in [2.05, 4.69) is 12.6 Å². The van der Waals surface area contributed by atoms with E-state index in [1.807, 2.05) is 37.3 Å². The molecule has 0 N–H and O–H groups in total. The van der Waals surface area contributed by atoms with Crippen molar-refractivity contribution < 1.29 is 4.79 Å². The number of allylic oxidation sites excluding steroid dienone is 1. The monoisotopic (exact) mass is 478 g/mol. The molecule has 2 heterocycles. The molecule has 0 bridgehead atoms. The fraction of sp³-hybridized carbons (Fsp3) is 0.360. The lowest BCUT2D eigenvalue weighted by molar-refractivity contribution is -0.117. The van der Waals surface area contributed by atoms with Crippen molar-refractivity contribution >= 4 is 44.9 Å². The first-order valence-electron chi connectivity index (χ1n) is 11.1. The first-order valence-corrected chi connectivity index (χ1v) is 12.8. The standard InChI is InChI=1S/C25H26N4O2S2/c1-3-15-29-24(31)21-19-12-7-8-13-20(19)33-22(21)27-25(29)32-17(2)23(30)28(16-9-14-26)18-10-5-4-6-11-18/h3-6,10-11,17H,1,7-9,12-13,15-16H2,2H3. The van der Waals surface area contributed by atoms with Crippen molar-refractivity contribution in [3.05, 3.63) is 63.8 Å². The van der Waals surface area contributed by atoms with Crippen LogP contribution in [-0.4, -0.2) is 27.3 Å². The van der Waals surface area contributed by atoms with E-state index in [0.717, 1.165) is 47.2 Å². The molecule has 4 rings (SSSR count). The van der Waals surface area contributed by atoms with Crippen LogP contribution in [0.1, 0.15) is 36.6 Å². The highest BCUT2D eigenvalue weighted by atomic mass is 32.2. The number of aromatic nitrogens is 2. The van der Waals surface area contributed by atoms with Gasteiger partial charge in [0.25, 0.3) is 5.56 Å². The number of hydrogen-bond acceptors (Lipinski definition) is 6. The van der Waals surface area contributed by atoms with Gasteiger partial charge in [-0.2, -0.15) is 5.26 Å². The molecule has 3 aromatic rings. The minimum Gasteiger partial charge on any atom is -0.310 e. The van der Waals surface area contributed by atoms with E-state index in [1.165, 1.54) is 16.6 Å². The third kappa shape index (κ3) is 4.75. The molecule has 2 aromatic heterocycles. The third-order valence-electron chi connectivity index (χ3n) is 5.76. The van der Waals surface area contributed by atoms with Crippen molar-refractivity contribution in [2.24, 2.45) is 0 Å². The molecule has 1 amide bonds. The van der Waals surface area contributed by atoms with Gasteiger partial charge in [-0.3, -0.25) is 14.2 Å². The van der Waals surface area contributed by atoms with Gasteiger partial charge in [0.2, 0.25) is 5.91 Å². The minimum absolute atomic E-state index is 0.0501. The quantitative estimate of drug-likeness (QED) is 0.260. The van der Waals surface area contributed by atoms with Gasteiger partial charge in [0.15, 0.2) is 5.16 Å². The van der Waals surface area contributed by atoms with E-state index in [-0.39, 0.29) is 17.9 Å². The smallest absolute Gasteiger partial charge is 0.263 e. The Kier molecular flexibility index (Phi) is 7.31. The zero-order valence-corrected chi connectivity index (χ0v) is 20.3. The summed E-state index contributed by atoms with van der Waals surface area (Å²) in [6, 6.07) is 11.5.